The Morgan fingerprint density at radius 2 is 1.84 bits per heavy atom. The number of amides is 2. The Bertz CT molecular complexity index is 1660. The number of Topliss-reactive ketones (excluding diaryl/α,β-unsaturated/α-hetero) is 2. The van der Waals surface area contributed by atoms with Gasteiger partial charge in [0.1, 0.15) is 23.5 Å². The van der Waals surface area contributed by atoms with Crippen LogP contribution in [0, 0.1) is 11.8 Å². The van der Waals surface area contributed by atoms with Crippen molar-refractivity contribution >= 4 is 55.1 Å². The molecule has 4 atom stereocenters. The summed E-state index contributed by atoms with van der Waals surface area (Å²) in [6.07, 6.45) is -2.69. The van der Waals surface area contributed by atoms with Crippen LogP contribution in [-0.2, 0) is 30.9 Å². The molecule has 0 radical (unpaired) electrons. The molecule has 3 aliphatic rings. The van der Waals surface area contributed by atoms with E-state index in [4.69, 9.17) is 5.73 Å². The predicted octanol–water partition coefficient (Wildman–Crippen LogP) is 0.117. The number of primary amides is 1. The van der Waals surface area contributed by atoms with Gasteiger partial charge in [0.2, 0.25) is 17.4 Å². The van der Waals surface area contributed by atoms with Crippen LogP contribution in [0.1, 0.15) is 22.3 Å². The van der Waals surface area contributed by atoms with Crippen LogP contribution in [0.5, 0.6) is 11.5 Å². The second kappa shape index (κ2) is 10.5. The summed E-state index contributed by atoms with van der Waals surface area (Å²) >= 11 is 2.77. The number of rotatable bonds is 6. The number of halogens is 4. The van der Waals surface area contributed by atoms with Crippen LogP contribution in [0.25, 0.3) is 0 Å². The molecule has 3 unspecified atom stereocenters. The molecule has 0 aliphatic heterocycles. The molecule has 0 aromatic heterocycles. The summed E-state index contributed by atoms with van der Waals surface area (Å²) in [7, 11) is -3.54. The van der Waals surface area contributed by atoms with E-state index < -0.39 is 115 Å². The normalized spacial score (nSPS) is 25.5. The standard InChI is InChI=1S/C24H23BrF3N3O11S/c1-31(2)16-9-4-7-3-8-5-10(42-43(40,41)24(26,27)28)15(30-11(32)6-25)18(34)12(8)17(33)13(7)20(36)23(9,39)21(37)14(19(16)35)22(29)38/h5,7,14,19,34-36,39H,3-4,6H2,1-2H3,(H2,29,38)(H,30,32)/t7?,14?,19?,23-/m1/s1. The lowest BCUT2D eigenvalue weighted by Gasteiger charge is -2.47. The van der Waals surface area contributed by atoms with Gasteiger partial charge in [0.15, 0.2) is 23.1 Å². The Labute approximate surface area is 248 Å². The van der Waals surface area contributed by atoms with E-state index >= 15 is 0 Å². The molecule has 4 rings (SSSR count). The molecule has 2 amide bonds. The number of nitrogens with zero attached hydrogens (tertiary/aromatic N) is 1. The number of nitrogens with two attached hydrogens (primary N) is 1. The van der Waals surface area contributed by atoms with Crippen LogP contribution in [0.15, 0.2) is 28.7 Å². The highest BCUT2D eigenvalue weighted by molar-refractivity contribution is 9.09. The number of carbonyl (C=O) groups excluding carboxylic acids is 4. The van der Waals surface area contributed by atoms with E-state index in [0.717, 1.165) is 0 Å². The number of aromatic hydroxyl groups is 1. The third kappa shape index (κ3) is 4.83. The first-order valence-corrected chi connectivity index (χ1v) is 14.6. The summed E-state index contributed by atoms with van der Waals surface area (Å²) in [5, 5.41) is 46.1. The molecule has 0 heterocycles. The molecule has 1 aromatic carbocycles. The molecular weight excluding hydrogens is 675 g/mol. The van der Waals surface area contributed by atoms with Crippen LogP contribution in [0.3, 0.4) is 0 Å². The molecule has 0 fully saturated rings. The van der Waals surface area contributed by atoms with Gasteiger partial charge in [0, 0.05) is 25.4 Å². The Morgan fingerprint density at radius 1 is 1.23 bits per heavy atom. The van der Waals surface area contributed by atoms with Crippen LogP contribution in [-0.4, -0.2) is 93.8 Å². The van der Waals surface area contributed by atoms with E-state index in [1.807, 2.05) is 5.32 Å². The monoisotopic (exact) mass is 697 g/mol. The number of allylic oxidation sites excluding steroid dienone is 1. The minimum Gasteiger partial charge on any atom is -0.508 e. The van der Waals surface area contributed by atoms with Crippen molar-refractivity contribution in [2.45, 2.75) is 30.1 Å². The zero-order valence-electron chi connectivity index (χ0n) is 22.0. The molecule has 43 heavy (non-hydrogen) atoms. The SMILES string of the molecule is CN(C)C1=C2CC3Cc4cc(OS(=O)(=O)C(F)(F)F)c(NC(=O)CBr)c(O)c4C(=O)C3=C(O)[C@@]2(O)C(=O)C(C(N)=O)C1O. The number of phenols is 1. The molecule has 234 valence electrons. The van der Waals surface area contributed by atoms with Gasteiger partial charge in [0.25, 0.3) is 0 Å². The van der Waals surface area contributed by atoms with Gasteiger partial charge in [-0.05, 0) is 36.0 Å². The molecule has 0 saturated heterocycles. The lowest BCUT2D eigenvalue weighted by molar-refractivity contribution is -0.149. The lowest BCUT2D eigenvalue weighted by atomic mass is 9.61. The van der Waals surface area contributed by atoms with E-state index in [1.54, 1.807) is 0 Å². The highest BCUT2D eigenvalue weighted by Gasteiger charge is 2.61. The number of fused-ring (bicyclic) bond motifs is 3. The van der Waals surface area contributed by atoms with Gasteiger partial charge in [-0.25, -0.2) is 0 Å². The van der Waals surface area contributed by atoms with Gasteiger partial charge in [-0.2, -0.15) is 21.6 Å². The van der Waals surface area contributed by atoms with E-state index in [0.29, 0.717) is 6.07 Å². The largest absolute Gasteiger partial charge is 0.534 e. The zero-order chi connectivity index (χ0) is 32.6. The Hall–Kier alpha value is -3.68. The van der Waals surface area contributed by atoms with Gasteiger partial charge in [-0.1, -0.05) is 15.9 Å². The van der Waals surface area contributed by atoms with E-state index in [9.17, 15) is 61.2 Å². The van der Waals surface area contributed by atoms with Crippen LogP contribution >= 0.6 is 15.9 Å². The molecule has 3 aliphatic carbocycles. The van der Waals surface area contributed by atoms with E-state index in [1.165, 1.54) is 19.0 Å². The van der Waals surface area contributed by atoms with Crippen molar-refractivity contribution in [3.63, 3.8) is 0 Å². The number of nitrogens with one attached hydrogen (secondary N) is 1. The third-order valence-corrected chi connectivity index (χ3v) is 8.85. The average Bonchev–Trinajstić information content (AvgIpc) is 2.86. The van der Waals surface area contributed by atoms with Crippen LogP contribution < -0.4 is 15.2 Å². The maximum Gasteiger partial charge on any atom is 0.534 e. The first kappa shape index (κ1) is 32.2. The number of likely N-dealkylation sites (N-methyl/N-ethyl adjacent to an activating group) is 1. The van der Waals surface area contributed by atoms with Crippen molar-refractivity contribution in [2.75, 3.05) is 24.7 Å². The molecule has 0 bridgehead atoms. The Morgan fingerprint density at radius 3 is 2.35 bits per heavy atom. The van der Waals surface area contributed by atoms with Crippen molar-refractivity contribution in [1.82, 2.24) is 4.90 Å². The number of aliphatic hydroxyl groups is 3. The van der Waals surface area contributed by atoms with Gasteiger partial charge < -0.3 is 40.6 Å². The zero-order valence-corrected chi connectivity index (χ0v) is 24.4. The highest BCUT2D eigenvalue weighted by atomic mass is 79.9. The summed E-state index contributed by atoms with van der Waals surface area (Å²) < 4.78 is 67.1. The maximum absolute atomic E-state index is 13.7. The molecule has 14 nitrogen and oxygen atoms in total. The van der Waals surface area contributed by atoms with Crippen LogP contribution in [0.4, 0.5) is 18.9 Å². The number of benzene rings is 1. The number of hydrogen-bond acceptors (Lipinski definition) is 12. The van der Waals surface area contributed by atoms with E-state index in [-0.39, 0.29) is 16.8 Å². The second-order valence-electron chi connectivity index (χ2n) is 10.2. The number of anilines is 1. The van der Waals surface area contributed by atoms with Gasteiger partial charge in [0.05, 0.1) is 10.9 Å². The molecule has 0 spiro atoms. The maximum atomic E-state index is 13.7. The second-order valence-corrected chi connectivity index (χ2v) is 12.3. The van der Waals surface area contributed by atoms with E-state index in [2.05, 4.69) is 20.1 Å². The smallest absolute Gasteiger partial charge is 0.508 e. The van der Waals surface area contributed by atoms with Crippen molar-refractivity contribution < 1.29 is 65.4 Å². The molecular formula is C24H23BrF3N3O11S. The molecule has 19 heteroatoms. The number of phenolic OH excluding ortho intramolecular Hbond substituents is 1. The Kier molecular flexibility index (Phi) is 7.87. The van der Waals surface area contributed by atoms with Crippen molar-refractivity contribution in [3.05, 3.63) is 39.8 Å². The Balaban J connectivity index is 1.98. The third-order valence-electron chi connectivity index (χ3n) is 7.38. The first-order valence-electron chi connectivity index (χ1n) is 12.1. The summed E-state index contributed by atoms with van der Waals surface area (Å²) in [6.45, 7) is 0. The number of ketones is 2. The number of alkyl halides is 4. The lowest BCUT2D eigenvalue weighted by Crippen LogP contribution is -2.61. The van der Waals surface area contributed by atoms with Gasteiger partial charge >= 0.3 is 15.6 Å². The molecule has 7 N–H and O–H groups in total. The fourth-order valence-corrected chi connectivity index (χ4v) is 6.21. The minimum atomic E-state index is -6.33. The van der Waals surface area contributed by atoms with Gasteiger partial charge in [-0.15, -0.1) is 0 Å². The quantitative estimate of drug-likeness (QED) is 0.0765. The summed E-state index contributed by atoms with van der Waals surface area (Å²) in [4.78, 5) is 52.5. The fraction of sp³-hybridized carbons (Fsp3) is 0.417. The molecule has 1 aromatic rings. The first-order chi connectivity index (χ1) is 19.7. The average molecular weight is 698 g/mol. The van der Waals surface area contributed by atoms with Crippen LogP contribution in [0.2, 0.25) is 0 Å². The highest BCUT2D eigenvalue weighted by Crippen LogP contribution is 2.53. The van der Waals surface area contributed by atoms with Crippen molar-refractivity contribution in [1.29, 1.82) is 0 Å². The summed E-state index contributed by atoms with van der Waals surface area (Å²) in [6, 6.07) is 0.681. The number of hydrogen-bond donors (Lipinski definition) is 6. The predicted molar refractivity (Wildman–Crippen MR) is 141 cm³/mol. The summed E-state index contributed by atoms with van der Waals surface area (Å²) in [5.74, 6) is -11.8. The summed E-state index contributed by atoms with van der Waals surface area (Å²) in [5.41, 5.74) is -6.72. The topological polar surface area (TPSA) is 234 Å². The number of carbonyl (C=O) groups is 4. The van der Waals surface area contributed by atoms with Gasteiger partial charge in [-0.3, -0.25) is 19.2 Å². The number of aliphatic hydroxyl groups excluding tert-OH is 2. The van der Waals surface area contributed by atoms with Crippen molar-refractivity contribution in [3.8, 4) is 11.5 Å². The fourth-order valence-electron chi connectivity index (χ4n) is 5.61. The minimum absolute atomic E-state index is 0.175. The van der Waals surface area contributed by atoms with Crippen molar-refractivity contribution in [2.24, 2.45) is 17.6 Å². The molecule has 0 saturated carbocycles.